The summed E-state index contributed by atoms with van der Waals surface area (Å²) in [6.45, 7) is 1.99. The molecule has 1 aliphatic rings. The van der Waals surface area contributed by atoms with Crippen LogP contribution in [0.3, 0.4) is 0 Å². The van der Waals surface area contributed by atoms with E-state index in [1.807, 2.05) is 19.0 Å². The van der Waals surface area contributed by atoms with Crippen molar-refractivity contribution in [3.05, 3.63) is 0 Å². The highest BCUT2D eigenvalue weighted by Gasteiger charge is 2.39. The van der Waals surface area contributed by atoms with E-state index in [9.17, 15) is 9.90 Å². The molecule has 1 rings (SSSR count). The second-order valence-corrected chi connectivity index (χ2v) is 4.25. The van der Waals surface area contributed by atoms with Crippen LogP contribution in [0.15, 0.2) is 0 Å². The molecule has 0 aromatic carbocycles. The van der Waals surface area contributed by atoms with E-state index in [-0.39, 0.29) is 0 Å². The van der Waals surface area contributed by atoms with Crippen LogP contribution in [0.2, 0.25) is 0 Å². The molecule has 0 atom stereocenters. The van der Waals surface area contributed by atoms with E-state index in [2.05, 4.69) is 0 Å². The van der Waals surface area contributed by atoms with E-state index in [1.165, 1.54) is 0 Å². The number of carbonyl (C=O) groups is 1. The summed E-state index contributed by atoms with van der Waals surface area (Å²) in [6.07, 6.45) is 2.02. The minimum atomic E-state index is -0.664. The Kier molecular flexibility index (Phi) is 3.89. The van der Waals surface area contributed by atoms with Gasteiger partial charge in [-0.05, 0) is 39.9 Å². The minimum Gasteiger partial charge on any atom is -0.481 e. The summed E-state index contributed by atoms with van der Waals surface area (Å²) in [7, 11) is 3.93. The van der Waals surface area contributed by atoms with Crippen LogP contribution in [0.5, 0.6) is 0 Å². The zero-order valence-corrected chi connectivity index (χ0v) is 8.95. The zero-order chi connectivity index (χ0) is 10.6. The van der Waals surface area contributed by atoms with Crippen LogP contribution in [-0.4, -0.2) is 49.8 Å². The van der Waals surface area contributed by atoms with Gasteiger partial charge >= 0.3 is 5.97 Å². The molecule has 4 nitrogen and oxygen atoms in total. The van der Waals surface area contributed by atoms with Gasteiger partial charge in [0.1, 0.15) is 0 Å². The van der Waals surface area contributed by atoms with Gasteiger partial charge in [-0.3, -0.25) is 4.79 Å². The molecule has 0 saturated carbocycles. The normalized spacial score (nSPS) is 21.1. The predicted molar refractivity (Wildman–Crippen MR) is 53.3 cm³/mol. The Morgan fingerprint density at radius 2 is 2.00 bits per heavy atom. The third-order valence-electron chi connectivity index (χ3n) is 2.94. The third-order valence-corrected chi connectivity index (χ3v) is 2.94. The monoisotopic (exact) mass is 201 g/mol. The Balaban J connectivity index is 2.56. The molecule has 1 aliphatic heterocycles. The summed E-state index contributed by atoms with van der Waals surface area (Å²) in [5, 5.41) is 9.23. The number of ether oxygens (including phenoxy) is 1. The predicted octanol–water partition coefficient (Wildman–Crippen LogP) is 0.819. The molecule has 1 saturated heterocycles. The maximum Gasteiger partial charge on any atom is 0.309 e. The lowest BCUT2D eigenvalue weighted by atomic mass is 9.77. The Hall–Kier alpha value is -0.610. The van der Waals surface area contributed by atoms with Gasteiger partial charge in [0.2, 0.25) is 0 Å². The number of hydrogen-bond donors (Lipinski definition) is 1. The molecule has 0 aliphatic carbocycles. The van der Waals surface area contributed by atoms with Crippen LogP contribution < -0.4 is 0 Å². The molecule has 0 aromatic rings. The van der Waals surface area contributed by atoms with Gasteiger partial charge in [-0.1, -0.05) is 0 Å². The lowest BCUT2D eigenvalue weighted by Crippen LogP contribution is -2.39. The maximum absolute atomic E-state index is 11.2. The zero-order valence-electron chi connectivity index (χ0n) is 8.95. The number of carboxylic acid groups (broad SMARTS) is 1. The van der Waals surface area contributed by atoms with Crippen LogP contribution >= 0.6 is 0 Å². The molecule has 0 amide bonds. The summed E-state index contributed by atoms with van der Waals surface area (Å²) < 4.78 is 5.20. The molecular formula is C10H19NO3. The first-order chi connectivity index (χ1) is 6.57. The quantitative estimate of drug-likeness (QED) is 0.731. The second-order valence-electron chi connectivity index (χ2n) is 4.25. The Morgan fingerprint density at radius 3 is 2.43 bits per heavy atom. The van der Waals surface area contributed by atoms with E-state index in [0.717, 1.165) is 13.0 Å². The average molecular weight is 201 g/mol. The Labute approximate surface area is 84.8 Å². The van der Waals surface area contributed by atoms with Crippen LogP contribution in [0.25, 0.3) is 0 Å². The molecule has 82 valence electrons. The number of aliphatic carboxylic acids is 1. The minimum absolute atomic E-state index is 0.539. The van der Waals surface area contributed by atoms with Crippen molar-refractivity contribution in [2.24, 2.45) is 5.41 Å². The van der Waals surface area contributed by atoms with Gasteiger partial charge in [-0.2, -0.15) is 0 Å². The van der Waals surface area contributed by atoms with Crippen molar-refractivity contribution in [2.75, 3.05) is 33.9 Å². The van der Waals surface area contributed by atoms with Gasteiger partial charge in [0.15, 0.2) is 0 Å². The number of carboxylic acids is 1. The second kappa shape index (κ2) is 4.75. The summed E-state index contributed by atoms with van der Waals surface area (Å²) in [6, 6.07) is 0. The first kappa shape index (κ1) is 11.5. The van der Waals surface area contributed by atoms with Gasteiger partial charge in [0.25, 0.3) is 0 Å². The molecule has 0 bridgehead atoms. The molecular weight excluding hydrogens is 182 g/mol. The topological polar surface area (TPSA) is 49.8 Å². The fourth-order valence-electron chi connectivity index (χ4n) is 1.77. The highest BCUT2D eigenvalue weighted by Crippen LogP contribution is 2.34. The fourth-order valence-corrected chi connectivity index (χ4v) is 1.77. The highest BCUT2D eigenvalue weighted by molar-refractivity contribution is 5.74. The number of hydrogen-bond acceptors (Lipinski definition) is 3. The van der Waals surface area contributed by atoms with E-state index in [1.54, 1.807) is 0 Å². The molecule has 0 unspecified atom stereocenters. The van der Waals surface area contributed by atoms with Crippen molar-refractivity contribution in [3.63, 3.8) is 0 Å². The van der Waals surface area contributed by atoms with E-state index in [4.69, 9.17) is 4.74 Å². The van der Waals surface area contributed by atoms with Crippen molar-refractivity contribution < 1.29 is 14.6 Å². The summed E-state index contributed by atoms with van der Waals surface area (Å²) >= 11 is 0. The molecule has 1 heterocycles. The number of rotatable bonds is 4. The van der Waals surface area contributed by atoms with Crippen LogP contribution in [-0.2, 0) is 9.53 Å². The molecule has 0 radical (unpaired) electrons. The molecule has 14 heavy (non-hydrogen) atoms. The summed E-state index contributed by atoms with van der Waals surface area (Å²) in [5.41, 5.74) is -0.539. The van der Waals surface area contributed by atoms with Crippen molar-refractivity contribution >= 4 is 5.97 Å². The van der Waals surface area contributed by atoms with Gasteiger partial charge < -0.3 is 14.7 Å². The first-order valence-corrected chi connectivity index (χ1v) is 5.03. The third kappa shape index (κ3) is 2.69. The summed E-state index contributed by atoms with van der Waals surface area (Å²) in [4.78, 5) is 13.2. The lowest BCUT2D eigenvalue weighted by Gasteiger charge is -2.33. The SMILES string of the molecule is CN(C)CCC1(C(=O)O)CCOCC1. The van der Waals surface area contributed by atoms with Crippen molar-refractivity contribution in [3.8, 4) is 0 Å². The van der Waals surface area contributed by atoms with Gasteiger partial charge in [-0.15, -0.1) is 0 Å². The highest BCUT2D eigenvalue weighted by atomic mass is 16.5. The number of nitrogens with zero attached hydrogens (tertiary/aromatic N) is 1. The van der Waals surface area contributed by atoms with E-state index < -0.39 is 11.4 Å². The van der Waals surface area contributed by atoms with Crippen molar-refractivity contribution in [1.29, 1.82) is 0 Å². The van der Waals surface area contributed by atoms with Crippen LogP contribution in [0.1, 0.15) is 19.3 Å². The van der Waals surface area contributed by atoms with Gasteiger partial charge in [-0.25, -0.2) is 0 Å². The lowest BCUT2D eigenvalue weighted by molar-refractivity contribution is -0.155. The largest absolute Gasteiger partial charge is 0.481 e. The van der Waals surface area contributed by atoms with Crippen LogP contribution in [0, 0.1) is 5.41 Å². The Bertz CT molecular complexity index is 198. The maximum atomic E-state index is 11.2. The van der Waals surface area contributed by atoms with Gasteiger partial charge in [0.05, 0.1) is 5.41 Å². The molecule has 4 heteroatoms. The van der Waals surface area contributed by atoms with Crippen molar-refractivity contribution in [1.82, 2.24) is 4.90 Å². The molecule has 1 fully saturated rings. The summed E-state index contributed by atoms with van der Waals surface area (Å²) in [5.74, 6) is -0.664. The first-order valence-electron chi connectivity index (χ1n) is 5.03. The van der Waals surface area contributed by atoms with Crippen molar-refractivity contribution in [2.45, 2.75) is 19.3 Å². The van der Waals surface area contributed by atoms with E-state index >= 15 is 0 Å². The standard InChI is InChI=1S/C10H19NO3/c1-11(2)6-3-10(9(12)13)4-7-14-8-5-10/h3-8H2,1-2H3,(H,12,13). The van der Waals surface area contributed by atoms with Crippen LogP contribution in [0.4, 0.5) is 0 Å². The van der Waals surface area contributed by atoms with E-state index in [0.29, 0.717) is 26.1 Å². The Morgan fingerprint density at radius 1 is 1.43 bits per heavy atom. The smallest absolute Gasteiger partial charge is 0.309 e. The molecule has 0 aromatic heterocycles. The average Bonchev–Trinajstić information content (AvgIpc) is 2.16. The van der Waals surface area contributed by atoms with Gasteiger partial charge in [0, 0.05) is 13.2 Å². The molecule has 0 spiro atoms. The molecule has 1 N–H and O–H groups in total. The fraction of sp³-hybridized carbons (Fsp3) is 0.900.